The quantitative estimate of drug-likeness (QED) is 0.577. The van der Waals surface area contributed by atoms with Crippen molar-refractivity contribution in [3.05, 3.63) is 25.3 Å². The topological polar surface area (TPSA) is 18.5 Å². The second-order valence-electron chi connectivity index (χ2n) is 3.40. The third-order valence-electron chi connectivity index (χ3n) is 2.79. The maximum absolute atomic E-state index is 5.71. The first-order chi connectivity index (χ1) is 5.86. The van der Waals surface area contributed by atoms with Crippen LogP contribution in [0.4, 0.5) is 0 Å². The van der Waals surface area contributed by atoms with Crippen molar-refractivity contribution in [2.45, 2.75) is 12.2 Å². The van der Waals surface area contributed by atoms with Gasteiger partial charge in [-0.2, -0.15) is 0 Å². The molecule has 2 heterocycles. The molecule has 0 N–H and O–H groups in total. The molecule has 2 rings (SSSR count). The highest BCUT2D eigenvalue weighted by molar-refractivity contribution is 5.04. The molecule has 2 aliphatic rings. The summed E-state index contributed by atoms with van der Waals surface area (Å²) in [4.78, 5) is 0. The summed E-state index contributed by atoms with van der Waals surface area (Å²) in [6.45, 7) is 9.14. The molecule has 0 aromatic heterocycles. The average molecular weight is 166 g/mol. The summed E-state index contributed by atoms with van der Waals surface area (Å²) in [5.41, 5.74) is 0. The minimum absolute atomic E-state index is 0.167. The molecule has 0 aliphatic carbocycles. The average Bonchev–Trinajstić information content (AvgIpc) is 2.63. The van der Waals surface area contributed by atoms with Crippen LogP contribution in [-0.2, 0) is 9.47 Å². The monoisotopic (exact) mass is 166 g/mol. The zero-order chi connectivity index (χ0) is 8.55. The maximum atomic E-state index is 5.71. The number of hydrogen-bond donors (Lipinski definition) is 0. The van der Waals surface area contributed by atoms with Crippen LogP contribution >= 0.6 is 0 Å². The number of fused-ring (bicyclic) bond motifs is 1. The second kappa shape index (κ2) is 3.04. The fourth-order valence-electron chi connectivity index (χ4n) is 2.11. The molecule has 0 aromatic carbocycles. The molecule has 0 radical (unpaired) electrons. The van der Waals surface area contributed by atoms with Gasteiger partial charge in [-0.1, -0.05) is 12.2 Å². The fraction of sp³-hybridized carbons (Fsp3) is 0.600. The predicted molar refractivity (Wildman–Crippen MR) is 46.9 cm³/mol. The van der Waals surface area contributed by atoms with E-state index in [1.54, 1.807) is 0 Å². The van der Waals surface area contributed by atoms with Gasteiger partial charge in [-0.25, -0.2) is 0 Å². The van der Waals surface area contributed by atoms with Crippen LogP contribution in [0.15, 0.2) is 25.3 Å². The van der Waals surface area contributed by atoms with Crippen LogP contribution < -0.4 is 0 Å². The highest BCUT2D eigenvalue weighted by atomic mass is 16.5. The predicted octanol–water partition coefficient (Wildman–Crippen LogP) is 1.39. The van der Waals surface area contributed by atoms with Crippen LogP contribution in [0.1, 0.15) is 0 Å². The Hall–Kier alpha value is -0.600. The van der Waals surface area contributed by atoms with Crippen molar-refractivity contribution >= 4 is 0 Å². The molecule has 4 unspecified atom stereocenters. The van der Waals surface area contributed by atoms with Gasteiger partial charge in [-0.05, 0) is 0 Å². The van der Waals surface area contributed by atoms with Crippen LogP contribution in [0.5, 0.6) is 0 Å². The standard InChI is InChI=1S/C10H14O2/c1-3-9-7-5-11-6-8(7)10(4-2)12-9/h3-4,7-10H,1-2,5-6H2. The van der Waals surface area contributed by atoms with Crippen molar-refractivity contribution in [2.24, 2.45) is 11.8 Å². The van der Waals surface area contributed by atoms with E-state index in [1.165, 1.54) is 0 Å². The smallest absolute Gasteiger partial charge is 0.0816 e. The zero-order valence-electron chi connectivity index (χ0n) is 7.11. The van der Waals surface area contributed by atoms with Crippen LogP contribution in [-0.4, -0.2) is 25.4 Å². The van der Waals surface area contributed by atoms with E-state index in [0.29, 0.717) is 11.8 Å². The lowest BCUT2D eigenvalue weighted by atomic mass is 9.90. The SMILES string of the molecule is C=CC1OC(C=C)C2COCC12. The molecule has 4 atom stereocenters. The summed E-state index contributed by atoms with van der Waals surface area (Å²) in [5, 5.41) is 0. The first-order valence-electron chi connectivity index (χ1n) is 4.35. The van der Waals surface area contributed by atoms with Gasteiger partial charge in [-0.3, -0.25) is 0 Å². The van der Waals surface area contributed by atoms with Gasteiger partial charge in [-0.15, -0.1) is 13.2 Å². The Morgan fingerprint density at radius 1 is 1.00 bits per heavy atom. The molecule has 66 valence electrons. The van der Waals surface area contributed by atoms with Crippen molar-refractivity contribution in [3.63, 3.8) is 0 Å². The van der Waals surface area contributed by atoms with Crippen molar-refractivity contribution in [1.82, 2.24) is 0 Å². The summed E-state index contributed by atoms with van der Waals surface area (Å²) < 4.78 is 11.1. The lowest BCUT2D eigenvalue weighted by Crippen LogP contribution is -2.17. The third kappa shape index (κ3) is 1.03. The highest BCUT2D eigenvalue weighted by Gasteiger charge is 2.45. The Balaban J connectivity index is 2.15. The molecule has 0 saturated carbocycles. The normalized spacial score (nSPS) is 45.7. The second-order valence-corrected chi connectivity index (χ2v) is 3.40. The van der Waals surface area contributed by atoms with E-state index in [4.69, 9.17) is 9.47 Å². The highest BCUT2D eigenvalue weighted by Crippen LogP contribution is 2.38. The molecule has 0 bridgehead atoms. The van der Waals surface area contributed by atoms with Crippen molar-refractivity contribution in [3.8, 4) is 0 Å². The molecule has 2 aliphatic heterocycles. The Labute approximate surface area is 72.9 Å². The molecule has 0 amide bonds. The van der Waals surface area contributed by atoms with Gasteiger partial charge in [0, 0.05) is 11.8 Å². The van der Waals surface area contributed by atoms with Crippen LogP contribution in [0.3, 0.4) is 0 Å². The molecule has 2 nitrogen and oxygen atoms in total. The van der Waals surface area contributed by atoms with Gasteiger partial charge >= 0.3 is 0 Å². The number of ether oxygens (including phenoxy) is 2. The first-order valence-corrected chi connectivity index (χ1v) is 4.35. The van der Waals surface area contributed by atoms with E-state index >= 15 is 0 Å². The lowest BCUT2D eigenvalue weighted by molar-refractivity contribution is 0.0433. The van der Waals surface area contributed by atoms with Crippen LogP contribution in [0.25, 0.3) is 0 Å². The molecule has 2 fully saturated rings. The largest absolute Gasteiger partial charge is 0.381 e. The molecular weight excluding hydrogens is 152 g/mol. The Bertz CT molecular complexity index is 180. The zero-order valence-corrected chi connectivity index (χ0v) is 7.11. The lowest BCUT2D eigenvalue weighted by Gasteiger charge is -2.10. The molecular formula is C10H14O2. The summed E-state index contributed by atoms with van der Waals surface area (Å²) in [5.74, 6) is 1.01. The van der Waals surface area contributed by atoms with E-state index in [1.807, 2.05) is 12.2 Å². The molecule has 2 saturated heterocycles. The summed E-state index contributed by atoms with van der Waals surface area (Å²) in [6, 6.07) is 0. The summed E-state index contributed by atoms with van der Waals surface area (Å²) >= 11 is 0. The Morgan fingerprint density at radius 2 is 1.50 bits per heavy atom. The molecule has 12 heavy (non-hydrogen) atoms. The summed E-state index contributed by atoms with van der Waals surface area (Å²) in [7, 11) is 0. The van der Waals surface area contributed by atoms with Crippen LogP contribution in [0.2, 0.25) is 0 Å². The van der Waals surface area contributed by atoms with E-state index in [2.05, 4.69) is 13.2 Å². The first kappa shape index (κ1) is 8.02. The van der Waals surface area contributed by atoms with Gasteiger partial charge in [0.15, 0.2) is 0 Å². The number of rotatable bonds is 2. The van der Waals surface area contributed by atoms with E-state index in [0.717, 1.165) is 13.2 Å². The van der Waals surface area contributed by atoms with Gasteiger partial charge in [0.1, 0.15) is 0 Å². The maximum Gasteiger partial charge on any atom is 0.0816 e. The Morgan fingerprint density at radius 3 is 1.92 bits per heavy atom. The van der Waals surface area contributed by atoms with Gasteiger partial charge < -0.3 is 9.47 Å². The van der Waals surface area contributed by atoms with Gasteiger partial charge in [0.2, 0.25) is 0 Å². The minimum atomic E-state index is 0.167. The third-order valence-corrected chi connectivity index (χ3v) is 2.79. The molecule has 2 heteroatoms. The minimum Gasteiger partial charge on any atom is -0.381 e. The van der Waals surface area contributed by atoms with E-state index < -0.39 is 0 Å². The van der Waals surface area contributed by atoms with E-state index in [-0.39, 0.29) is 12.2 Å². The Kier molecular flexibility index (Phi) is 2.03. The van der Waals surface area contributed by atoms with Gasteiger partial charge in [0.25, 0.3) is 0 Å². The van der Waals surface area contributed by atoms with Crippen molar-refractivity contribution < 1.29 is 9.47 Å². The molecule has 0 spiro atoms. The summed E-state index contributed by atoms with van der Waals surface area (Å²) in [6.07, 6.45) is 4.08. The van der Waals surface area contributed by atoms with E-state index in [9.17, 15) is 0 Å². The van der Waals surface area contributed by atoms with Crippen LogP contribution in [0, 0.1) is 11.8 Å². The van der Waals surface area contributed by atoms with Crippen molar-refractivity contribution in [2.75, 3.05) is 13.2 Å². The molecule has 0 aromatic rings. The van der Waals surface area contributed by atoms with Crippen molar-refractivity contribution in [1.29, 1.82) is 0 Å². The van der Waals surface area contributed by atoms with Gasteiger partial charge in [0.05, 0.1) is 25.4 Å². The number of hydrogen-bond acceptors (Lipinski definition) is 2. The fourth-order valence-corrected chi connectivity index (χ4v) is 2.11.